The summed E-state index contributed by atoms with van der Waals surface area (Å²) in [6, 6.07) is 2.36. The van der Waals surface area contributed by atoms with Crippen LogP contribution in [0, 0.1) is 18.3 Å². The molecule has 0 aromatic carbocycles. The highest BCUT2D eigenvalue weighted by Crippen LogP contribution is 2.24. The third kappa shape index (κ3) is 5.38. The maximum atomic E-state index is 9.13. The van der Waals surface area contributed by atoms with Gasteiger partial charge in [0.05, 0.1) is 6.07 Å². The van der Waals surface area contributed by atoms with Gasteiger partial charge < -0.3 is 0 Å². The summed E-state index contributed by atoms with van der Waals surface area (Å²) in [5, 5.41) is 14.5. The van der Waals surface area contributed by atoms with Crippen LogP contribution in [0.4, 0.5) is 0 Å². The van der Waals surface area contributed by atoms with Gasteiger partial charge in [0.25, 0.3) is 0 Å². The monoisotopic (exact) mass is 283 g/mol. The lowest BCUT2D eigenvalue weighted by Gasteiger charge is -2.22. The number of nitrogens with zero attached hydrogens (tertiary/aromatic N) is 2. The lowest BCUT2D eigenvalue weighted by molar-refractivity contribution is 0.415. The third-order valence-corrected chi connectivity index (χ3v) is 4.93. The van der Waals surface area contributed by atoms with Gasteiger partial charge in [-0.25, -0.2) is 4.98 Å². The summed E-state index contributed by atoms with van der Waals surface area (Å²) in [4.78, 5) is 4.42. The maximum absolute atomic E-state index is 9.13. The summed E-state index contributed by atoms with van der Waals surface area (Å²) in [6.07, 6.45) is 3.12. The van der Waals surface area contributed by atoms with Gasteiger partial charge in [0, 0.05) is 16.8 Å². The van der Waals surface area contributed by atoms with Gasteiger partial charge in [-0.05, 0) is 39.7 Å². The quantitative estimate of drug-likeness (QED) is 0.585. The van der Waals surface area contributed by atoms with Crippen molar-refractivity contribution in [2.24, 2.45) is 0 Å². The average Bonchev–Trinajstić information content (AvgIpc) is 2.75. The summed E-state index contributed by atoms with van der Waals surface area (Å²) in [5.41, 5.74) is 0.740. The van der Waals surface area contributed by atoms with Gasteiger partial charge in [0.2, 0.25) is 0 Å². The molecule has 1 rings (SSSR count). The van der Waals surface area contributed by atoms with Crippen molar-refractivity contribution in [3.8, 4) is 6.07 Å². The highest BCUT2D eigenvalue weighted by atomic mass is 32.2. The van der Waals surface area contributed by atoms with Crippen LogP contribution in [0.3, 0.4) is 0 Å². The van der Waals surface area contributed by atoms with E-state index in [-0.39, 0.29) is 5.54 Å². The fraction of sp³-hybridized carbons (Fsp3) is 0.692. The first-order chi connectivity index (χ1) is 8.59. The van der Waals surface area contributed by atoms with E-state index in [0.29, 0.717) is 0 Å². The Balaban J connectivity index is 2.17. The second-order valence-electron chi connectivity index (χ2n) is 4.53. The standard InChI is InChI=1S/C13H21N3S2/c1-4-15-13(3,10-14)7-5-6-8-17-12-16-11(2)9-18-12/h9,15H,4-8H2,1-3H3. The molecule has 0 saturated heterocycles. The number of hydrogen-bond donors (Lipinski definition) is 1. The van der Waals surface area contributed by atoms with E-state index >= 15 is 0 Å². The number of nitrogens with one attached hydrogen (secondary N) is 1. The third-order valence-electron chi connectivity index (χ3n) is 2.71. The van der Waals surface area contributed by atoms with Crippen molar-refractivity contribution in [3.63, 3.8) is 0 Å². The Bertz CT molecular complexity index is 397. The minimum atomic E-state index is -0.364. The van der Waals surface area contributed by atoms with Crippen LogP contribution in [0.25, 0.3) is 0 Å². The van der Waals surface area contributed by atoms with E-state index in [9.17, 15) is 0 Å². The van der Waals surface area contributed by atoms with E-state index < -0.39 is 0 Å². The molecule has 0 aliphatic heterocycles. The molecular formula is C13H21N3S2. The Hall–Kier alpha value is -0.570. The molecule has 5 heteroatoms. The molecule has 1 unspecified atom stereocenters. The molecule has 0 fully saturated rings. The van der Waals surface area contributed by atoms with E-state index in [1.165, 1.54) is 0 Å². The van der Waals surface area contributed by atoms with Crippen LogP contribution in [0.15, 0.2) is 9.72 Å². The zero-order chi connectivity index (χ0) is 13.4. The Morgan fingerprint density at radius 1 is 1.56 bits per heavy atom. The highest BCUT2D eigenvalue weighted by Gasteiger charge is 2.21. The topological polar surface area (TPSA) is 48.7 Å². The van der Waals surface area contributed by atoms with E-state index in [2.05, 4.69) is 21.8 Å². The zero-order valence-electron chi connectivity index (χ0n) is 11.3. The molecule has 3 nitrogen and oxygen atoms in total. The predicted octanol–water partition coefficient (Wildman–Crippen LogP) is 3.61. The SMILES string of the molecule is CCNC(C)(C#N)CCCCSc1nc(C)cs1. The number of hydrogen-bond acceptors (Lipinski definition) is 5. The molecule has 1 aromatic rings. The lowest BCUT2D eigenvalue weighted by atomic mass is 9.97. The predicted molar refractivity (Wildman–Crippen MR) is 79.1 cm³/mol. The van der Waals surface area contributed by atoms with Crippen LogP contribution >= 0.6 is 23.1 Å². The average molecular weight is 283 g/mol. The van der Waals surface area contributed by atoms with Gasteiger partial charge in [0.1, 0.15) is 9.88 Å². The van der Waals surface area contributed by atoms with Crippen LogP contribution in [0.1, 0.15) is 38.8 Å². The number of aryl methyl sites for hydroxylation is 1. The molecule has 0 radical (unpaired) electrons. The smallest absolute Gasteiger partial charge is 0.150 e. The number of thiazole rings is 1. The summed E-state index contributed by atoms with van der Waals surface area (Å²) in [5.74, 6) is 1.08. The second-order valence-corrected chi connectivity index (χ2v) is 6.73. The molecule has 18 heavy (non-hydrogen) atoms. The molecule has 1 N–H and O–H groups in total. The molecule has 0 spiro atoms. The van der Waals surface area contributed by atoms with Gasteiger partial charge in [-0.3, -0.25) is 5.32 Å². The maximum Gasteiger partial charge on any atom is 0.150 e. The largest absolute Gasteiger partial charge is 0.300 e. The van der Waals surface area contributed by atoms with Gasteiger partial charge in [-0.1, -0.05) is 18.7 Å². The molecule has 0 bridgehead atoms. The fourth-order valence-electron chi connectivity index (χ4n) is 1.71. The molecule has 0 aliphatic carbocycles. The normalized spacial score (nSPS) is 14.1. The second kappa shape index (κ2) is 7.78. The van der Waals surface area contributed by atoms with Crippen LogP contribution in [0.5, 0.6) is 0 Å². The molecule has 0 aliphatic rings. The Morgan fingerprint density at radius 2 is 2.33 bits per heavy atom. The van der Waals surface area contributed by atoms with E-state index in [1.54, 1.807) is 11.3 Å². The van der Waals surface area contributed by atoms with Crippen molar-refractivity contribution < 1.29 is 0 Å². The van der Waals surface area contributed by atoms with Crippen molar-refractivity contribution >= 4 is 23.1 Å². The summed E-state index contributed by atoms with van der Waals surface area (Å²) in [7, 11) is 0. The van der Waals surface area contributed by atoms with E-state index in [0.717, 1.165) is 41.6 Å². The molecule has 100 valence electrons. The minimum Gasteiger partial charge on any atom is -0.300 e. The van der Waals surface area contributed by atoms with Gasteiger partial charge >= 0.3 is 0 Å². The number of aromatic nitrogens is 1. The first kappa shape index (κ1) is 15.5. The summed E-state index contributed by atoms with van der Waals surface area (Å²) < 4.78 is 1.15. The Labute approximate surface area is 118 Å². The first-order valence-electron chi connectivity index (χ1n) is 6.31. The van der Waals surface area contributed by atoms with Gasteiger partial charge in [-0.15, -0.1) is 11.3 Å². The Morgan fingerprint density at radius 3 is 2.89 bits per heavy atom. The zero-order valence-corrected chi connectivity index (χ0v) is 13.0. The number of thioether (sulfide) groups is 1. The van der Waals surface area contributed by atoms with Crippen LogP contribution in [-0.2, 0) is 0 Å². The highest BCUT2D eigenvalue weighted by molar-refractivity contribution is 8.00. The lowest BCUT2D eigenvalue weighted by Crippen LogP contribution is -2.40. The van der Waals surface area contributed by atoms with Crippen LogP contribution in [-0.4, -0.2) is 22.8 Å². The summed E-state index contributed by atoms with van der Waals surface area (Å²) in [6.45, 7) is 6.89. The van der Waals surface area contributed by atoms with E-state index in [4.69, 9.17) is 5.26 Å². The first-order valence-corrected chi connectivity index (χ1v) is 8.17. The molecule has 1 aromatic heterocycles. The molecule has 0 saturated carbocycles. The van der Waals surface area contributed by atoms with Crippen molar-refractivity contribution in [2.75, 3.05) is 12.3 Å². The fourth-order valence-corrected chi connectivity index (χ4v) is 3.63. The van der Waals surface area contributed by atoms with Crippen molar-refractivity contribution in [1.29, 1.82) is 5.26 Å². The van der Waals surface area contributed by atoms with E-state index in [1.807, 2.05) is 32.5 Å². The van der Waals surface area contributed by atoms with Crippen molar-refractivity contribution in [2.45, 2.75) is 49.9 Å². The molecular weight excluding hydrogens is 262 g/mol. The minimum absolute atomic E-state index is 0.364. The van der Waals surface area contributed by atoms with Crippen LogP contribution < -0.4 is 5.32 Å². The summed E-state index contributed by atoms with van der Waals surface area (Å²) >= 11 is 3.53. The molecule has 1 atom stereocenters. The van der Waals surface area contributed by atoms with Crippen molar-refractivity contribution in [1.82, 2.24) is 10.3 Å². The van der Waals surface area contributed by atoms with Gasteiger partial charge in [-0.2, -0.15) is 5.26 Å². The number of unbranched alkanes of at least 4 members (excludes halogenated alkanes) is 1. The number of rotatable bonds is 8. The van der Waals surface area contributed by atoms with Crippen molar-refractivity contribution in [3.05, 3.63) is 11.1 Å². The molecule has 1 heterocycles. The number of nitriles is 1. The van der Waals surface area contributed by atoms with Gasteiger partial charge in [0.15, 0.2) is 0 Å². The molecule has 0 amide bonds. The Kier molecular flexibility index (Phi) is 6.69. The van der Waals surface area contributed by atoms with Crippen LogP contribution in [0.2, 0.25) is 0 Å².